The Hall–Kier alpha value is -1.14. The van der Waals surface area contributed by atoms with E-state index in [0.29, 0.717) is 6.42 Å². The molecule has 0 aromatic carbocycles. The van der Waals surface area contributed by atoms with Crippen molar-refractivity contribution >= 4 is 11.9 Å². The van der Waals surface area contributed by atoms with Gasteiger partial charge in [0.05, 0.1) is 18.8 Å². The summed E-state index contributed by atoms with van der Waals surface area (Å²) in [5.41, 5.74) is 3.85. The number of carboxylic acid groups (broad SMARTS) is 1. The van der Waals surface area contributed by atoms with E-state index in [2.05, 4.69) is 0 Å². The van der Waals surface area contributed by atoms with Crippen LogP contribution >= 0.6 is 0 Å². The van der Waals surface area contributed by atoms with Crippen LogP contribution in [0.4, 0.5) is 0 Å². The number of hydrogen-bond donors (Lipinski definition) is 3. The number of ether oxygens (including phenoxy) is 1. The van der Waals surface area contributed by atoms with E-state index >= 15 is 0 Å². The number of nitrogens with two attached hydrogens (primary N) is 1. The Morgan fingerprint density at radius 1 is 1.53 bits per heavy atom. The molecule has 3 atom stereocenters. The molecule has 0 bridgehead atoms. The number of unbranched alkanes of at least 4 members (excludes halogenated alkanes) is 1. The van der Waals surface area contributed by atoms with Crippen LogP contribution < -0.4 is 5.73 Å². The van der Waals surface area contributed by atoms with Gasteiger partial charge in [-0.2, -0.15) is 0 Å². The highest BCUT2D eigenvalue weighted by molar-refractivity contribution is 6.00. The SMILES string of the molecule is CCCCOC(=O)C1(C(=O)O)CCC(O)C1N. The van der Waals surface area contributed by atoms with Crippen LogP contribution in [0, 0.1) is 5.41 Å². The van der Waals surface area contributed by atoms with Gasteiger partial charge in [-0.15, -0.1) is 0 Å². The fraction of sp³-hybridized carbons (Fsp3) is 0.818. The number of carboxylic acids is 1. The highest BCUT2D eigenvalue weighted by Gasteiger charge is 2.58. The first-order chi connectivity index (χ1) is 7.96. The van der Waals surface area contributed by atoms with Crippen molar-refractivity contribution in [2.24, 2.45) is 11.1 Å². The largest absolute Gasteiger partial charge is 0.480 e. The maximum absolute atomic E-state index is 11.8. The summed E-state index contributed by atoms with van der Waals surface area (Å²) in [7, 11) is 0. The molecular weight excluding hydrogens is 226 g/mol. The lowest BCUT2D eigenvalue weighted by molar-refractivity contribution is -0.170. The number of esters is 1. The van der Waals surface area contributed by atoms with E-state index in [4.69, 9.17) is 10.5 Å². The molecule has 1 aliphatic carbocycles. The molecular formula is C11H19NO5. The summed E-state index contributed by atoms with van der Waals surface area (Å²) in [6.07, 6.45) is 0.789. The second-order valence-corrected chi connectivity index (χ2v) is 4.40. The van der Waals surface area contributed by atoms with Gasteiger partial charge in [0.2, 0.25) is 0 Å². The summed E-state index contributed by atoms with van der Waals surface area (Å²) in [6.45, 7) is 2.12. The standard InChI is InChI=1S/C11H19NO5/c1-2-3-6-17-10(16)11(9(14)15)5-4-7(13)8(11)12/h7-8,13H,2-6,12H2,1H3,(H,14,15). The number of aliphatic hydroxyl groups excluding tert-OH is 1. The van der Waals surface area contributed by atoms with Gasteiger partial charge in [0, 0.05) is 0 Å². The average molecular weight is 245 g/mol. The zero-order chi connectivity index (χ0) is 13.1. The zero-order valence-electron chi connectivity index (χ0n) is 9.89. The normalized spacial score (nSPS) is 32.4. The van der Waals surface area contributed by atoms with Gasteiger partial charge in [-0.1, -0.05) is 13.3 Å². The first kappa shape index (κ1) is 13.9. The van der Waals surface area contributed by atoms with E-state index in [1.807, 2.05) is 6.92 Å². The van der Waals surface area contributed by atoms with Crippen LogP contribution in [0.15, 0.2) is 0 Å². The molecule has 1 saturated carbocycles. The monoisotopic (exact) mass is 245 g/mol. The topological polar surface area (TPSA) is 110 Å². The fourth-order valence-electron chi connectivity index (χ4n) is 2.06. The van der Waals surface area contributed by atoms with Crippen molar-refractivity contribution in [3.63, 3.8) is 0 Å². The summed E-state index contributed by atoms with van der Waals surface area (Å²) >= 11 is 0. The molecule has 0 aromatic heterocycles. The molecule has 3 unspecified atom stereocenters. The minimum Gasteiger partial charge on any atom is -0.480 e. The van der Waals surface area contributed by atoms with Crippen molar-refractivity contribution in [2.45, 2.75) is 44.8 Å². The maximum Gasteiger partial charge on any atom is 0.325 e. The number of rotatable bonds is 5. The second kappa shape index (κ2) is 5.46. The molecule has 17 heavy (non-hydrogen) atoms. The van der Waals surface area contributed by atoms with Gasteiger partial charge in [-0.05, 0) is 19.3 Å². The van der Waals surface area contributed by atoms with Crippen molar-refractivity contribution in [2.75, 3.05) is 6.61 Å². The Morgan fingerprint density at radius 2 is 2.18 bits per heavy atom. The fourth-order valence-corrected chi connectivity index (χ4v) is 2.06. The molecule has 0 aliphatic heterocycles. The summed E-state index contributed by atoms with van der Waals surface area (Å²) < 4.78 is 4.94. The summed E-state index contributed by atoms with van der Waals surface area (Å²) in [5, 5.41) is 18.7. The van der Waals surface area contributed by atoms with E-state index in [0.717, 1.165) is 6.42 Å². The smallest absolute Gasteiger partial charge is 0.325 e. The minimum atomic E-state index is -1.78. The van der Waals surface area contributed by atoms with Gasteiger partial charge < -0.3 is 20.7 Å². The molecule has 98 valence electrons. The third kappa shape index (κ3) is 2.42. The van der Waals surface area contributed by atoms with Gasteiger partial charge in [0.25, 0.3) is 0 Å². The van der Waals surface area contributed by atoms with Gasteiger partial charge in [0.15, 0.2) is 5.41 Å². The third-order valence-electron chi connectivity index (χ3n) is 3.29. The van der Waals surface area contributed by atoms with Crippen LogP contribution in [-0.4, -0.2) is 40.9 Å². The zero-order valence-corrected chi connectivity index (χ0v) is 9.89. The molecule has 0 heterocycles. The molecule has 6 nitrogen and oxygen atoms in total. The Bertz CT molecular complexity index is 306. The number of carbonyl (C=O) groups is 2. The molecule has 4 N–H and O–H groups in total. The van der Waals surface area contributed by atoms with Crippen LogP contribution in [0.1, 0.15) is 32.6 Å². The molecule has 0 spiro atoms. The van der Waals surface area contributed by atoms with Crippen LogP contribution in [0.25, 0.3) is 0 Å². The Morgan fingerprint density at radius 3 is 2.59 bits per heavy atom. The molecule has 0 amide bonds. The van der Waals surface area contributed by atoms with Crippen molar-refractivity contribution < 1.29 is 24.5 Å². The van der Waals surface area contributed by atoms with E-state index in [1.165, 1.54) is 0 Å². The molecule has 0 radical (unpaired) electrons. The molecule has 6 heteroatoms. The van der Waals surface area contributed by atoms with Crippen molar-refractivity contribution in [1.82, 2.24) is 0 Å². The molecule has 1 rings (SSSR count). The van der Waals surface area contributed by atoms with Crippen LogP contribution in [-0.2, 0) is 14.3 Å². The van der Waals surface area contributed by atoms with E-state index in [-0.39, 0.29) is 19.4 Å². The van der Waals surface area contributed by atoms with E-state index in [1.54, 1.807) is 0 Å². The summed E-state index contributed by atoms with van der Waals surface area (Å²) in [5.74, 6) is -2.15. The van der Waals surface area contributed by atoms with E-state index < -0.39 is 29.5 Å². The van der Waals surface area contributed by atoms with Crippen molar-refractivity contribution in [1.29, 1.82) is 0 Å². The Labute approximate surface area is 99.7 Å². The first-order valence-corrected chi connectivity index (χ1v) is 5.81. The quantitative estimate of drug-likeness (QED) is 0.354. The lowest BCUT2D eigenvalue weighted by Crippen LogP contribution is -2.53. The lowest BCUT2D eigenvalue weighted by atomic mass is 9.82. The van der Waals surface area contributed by atoms with Gasteiger partial charge in [-0.3, -0.25) is 9.59 Å². The van der Waals surface area contributed by atoms with Gasteiger partial charge >= 0.3 is 11.9 Å². The highest BCUT2D eigenvalue weighted by atomic mass is 16.5. The molecule has 1 fully saturated rings. The summed E-state index contributed by atoms with van der Waals surface area (Å²) in [6, 6.07) is -1.10. The van der Waals surface area contributed by atoms with Crippen molar-refractivity contribution in [3.05, 3.63) is 0 Å². The molecule has 0 saturated heterocycles. The van der Waals surface area contributed by atoms with Gasteiger partial charge in [-0.25, -0.2) is 0 Å². The number of aliphatic hydroxyl groups is 1. The maximum atomic E-state index is 11.8. The van der Waals surface area contributed by atoms with Crippen LogP contribution in [0.3, 0.4) is 0 Å². The highest BCUT2D eigenvalue weighted by Crippen LogP contribution is 2.39. The second-order valence-electron chi connectivity index (χ2n) is 4.40. The first-order valence-electron chi connectivity index (χ1n) is 5.81. The lowest BCUT2D eigenvalue weighted by Gasteiger charge is -2.27. The number of aliphatic carboxylic acids is 1. The number of carbonyl (C=O) groups excluding carboxylic acids is 1. The Kier molecular flexibility index (Phi) is 4.47. The van der Waals surface area contributed by atoms with Crippen LogP contribution in [0.5, 0.6) is 0 Å². The van der Waals surface area contributed by atoms with E-state index in [9.17, 15) is 19.8 Å². The molecule has 0 aromatic rings. The summed E-state index contributed by atoms with van der Waals surface area (Å²) in [4.78, 5) is 23.1. The Balaban J connectivity index is 2.79. The predicted molar refractivity (Wildman–Crippen MR) is 59.2 cm³/mol. The third-order valence-corrected chi connectivity index (χ3v) is 3.29. The molecule has 1 aliphatic rings. The average Bonchev–Trinajstić information content (AvgIpc) is 2.57. The van der Waals surface area contributed by atoms with Crippen LogP contribution in [0.2, 0.25) is 0 Å². The minimum absolute atomic E-state index is 0.0234. The predicted octanol–water partition coefficient (Wildman–Crippen LogP) is -0.117. The van der Waals surface area contributed by atoms with Gasteiger partial charge in [0.1, 0.15) is 0 Å². The van der Waals surface area contributed by atoms with Crippen molar-refractivity contribution in [3.8, 4) is 0 Å². The number of hydrogen-bond acceptors (Lipinski definition) is 5.